The Balaban J connectivity index is 1.47. The maximum absolute atomic E-state index is 13.0. The molecule has 2 saturated carbocycles. The summed E-state index contributed by atoms with van der Waals surface area (Å²) in [7, 11) is 1.66. The van der Waals surface area contributed by atoms with Crippen LogP contribution in [-0.2, 0) is 38.0 Å². The molecule has 172 valence electrons. The van der Waals surface area contributed by atoms with Gasteiger partial charge in [-0.05, 0) is 32.6 Å². The van der Waals surface area contributed by atoms with Gasteiger partial charge in [0.05, 0.1) is 24.2 Å². The van der Waals surface area contributed by atoms with Crippen molar-refractivity contribution in [3.05, 3.63) is 0 Å². The topological polar surface area (TPSA) is 92.8 Å². The molecule has 8 atom stereocenters. The standard InChI is InChI=1S/C23H32O8/c1-14(24)30-15-9-22(13-29-22)23(8-7-20(31-23)10-16(26-3)27-11-20)21-6-4-5-19(2,17(15)21)18(25)28-12-21/h15-17H,4-13H2,1-3H3/t15-,16+,17+,19-,20-,21-,22-,23+/m1/s1. The molecule has 0 aromatic carbocycles. The predicted octanol–water partition coefficient (Wildman–Crippen LogP) is 2.12. The summed E-state index contributed by atoms with van der Waals surface area (Å²) < 4.78 is 36.5. The first kappa shape index (κ1) is 20.4. The highest BCUT2D eigenvalue weighted by Gasteiger charge is 2.84. The number of ether oxygens (including phenoxy) is 6. The predicted molar refractivity (Wildman–Crippen MR) is 105 cm³/mol. The van der Waals surface area contributed by atoms with Gasteiger partial charge in [0.2, 0.25) is 0 Å². The quantitative estimate of drug-likeness (QED) is 0.480. The van der Waals surface area contributed by atoms with Crippen LogP contribution in [0.25, 0.3) is 0 Å². The first-order valence-corrected chi connectivity index (χ1v) is 11.6. The van der Waals surface area contributed by atoms with Crippen molar-refractivity contribution in [2.45, 2.75) is 88.0 Å². The number of methoxy groups -OCH3 is 1. The van der Waals surface area contributed by atoms with Gasteiger partial charge in [-0.2, -0.15) is 0 Å². The molecule has 8 heteroatoms. The Morgan fingerprint density at radius 1 is 1.10 bits per heavy atom. The maximum Gasteiger partial charge on any atom is 0.312 e. The second kappa shape index (κ2) is 6.22. The number of fused-ring (bicyclic) bond motifs is 1. The maximum atomic E-state index is 13.0. The molecule has 0 N–H and O–H groups in total. The van der Waals surface area contributed by atoms with Crippen LogP contribution in [0.4, 0.5) is 0 Å². The summed E-state index contributed by atoms with van der Waals surface area (Å²) in [5, 5.41) is 0. The average molecular weight is 437 g/mol. The van der Waals surface area contributed by atoms with Crippen molar-refractivity contribution in [2.24, 2.45) is 16.7 Å². The molecule has 4 saturated heterocycles. The van der Waals surface area contributed by atoms with E-state index in [0.29, 0.717) is 32.7 Å². The minimum absolute atomic E-state index is 0.149. The Morgan fingerprint density at radius 3 is 2.58 bits per heavy atom. The highest BCUT2D eigenvalue weighted by molar-refractivity contribution is 5.79. The molecular formula is C23H32O8. The second-order valence-electron chi connectivity index (χ2n) is 10.9. The third-order valence-corrected chi connectivity index (χ3v) is 9.44. The van der Waals surface area contributed by atoms with Gasteiger partial charge in [0.25, 0.3) is 0 Å². The highest BCUT2D eigenvalue weighted by Crippen LogP contribution is 2.74. The summed E-state index contributed by atoms with van der Waals surface area (Å²) in [6.07, 6.45) is 4.81. The molecular weight excluding hydrogens is 404 g/mol. The molecule has 2 bridgehead atoms. The largest absolute Gasteiger partial charge is 0.465 e. The number of rotatable bonds is 2. The zero-order valence-electron chi connectivity index (χ0n) is 18.6. The summed E-state index contributed by atoms with van der Waals surface area (Å²) in [4.78, 5) is 25.1. The molecule has 6 aliphatic rings. The van der Waals surface area contributed by atoms with Crippen molar-refractivity contribution in [1.29, 1.82) is 0 Å². The lowest BCUT2D eigenvalue weighted by molar-refractivity contribution is -0.311. The van der Waals surface area contributed by atoms with Gasteiger partial charge in [-0.1, -0.05) is 6.42 Å². The van der Waals surface area contributed by atoms with Crippen LogP contribution in [-0.4, -0.2) is 68.1 Å². The van der Waals surface area contributed by atoms with Crippen LogP contribution in [0, 0.1) is 16.7 Å². The fourth-order valence-corrected chi connectivity index (χ4v) is 8.21. The number of carbonyl (C=O) groups excluding carboxylic acids is 2. The number of hydrogen-bond donors (Lipinski definition) is 0. The lowest BCUT2D eigenvalue weighted by atomic mass is 9.41. The van der Waals surface area contributed by atoms with E-state index in [1.54, 1.807) is 7.11 Å². The Kier molecular flexibility index (Phi) is 4.09. The van der Waals surface area contributed by atoms with Crippen LogP contribution in [0.5, 0.6) is 0 Å². The molecule has 4 heterocycles. The molecule has 3 spiro atoms. The van der Waals surface area contributed by atoms with Crippen molar-refractivity contribution < 1.29 is 38.0 Å². The fraction of sp³-hybridized carbons (Fsp3) is 0.913. The van der Waals surface area contributed by atoms with Crippen molar-refractivity contribution in [3.63, 3.8) is 0 Å². The Hall–Kier alpha value is -1.22. The molecule has 6 rings (SSSR count). The van der Waals surface area contributed by atoms with Crippen molar-refractivity contribution in [3.8, 4) is 0 Å². The highest BCUT2D eigenvalue weighted by atomic mass is 16.7. The Labute approximate surface area is 182 Å². The van der Waals surface area contributed by atoms with Crippen molar-refractivity contribution in [2.75, 3.05) is 26.9 Å². The van der Waals surface area contributed by atoms with Gasteiger partial charge in [-0.15, -0.1) is 0 Å². The molecule has 0 unspecified atom stereocenters. The van der Waals surface area contributed by atoms with E-state index in [9.17, 15) is 9.59 Å². The van der Waals surface area contributed by atoms with E-state index in [4.69, 9.17) is 28.4 Å². The zero-order valence-corrected chi connectivity index (χ0v) is 18.6. The van der Waals surface area contributed by atoms with Crippen LogP contribution in [0.3, 0.4) is 0 Å². The van der Waals surface area contributed by atoms with Crippen LogP contribution in [0.1, 0.15) is 58.8 Å². The summed E-state index contributed by atoms with van der Waals surface area (Å²) in [5.74, 6) is -0.642. The second-order valence-corrected chi connectivity index (χ2v) is 10.9. The third kappa shape index (κ3) is 2.40. The van der Waals surface area contributed by atoms with E-state index < -0.39 is 27.6 Å². The fourth-order valence-electron chi connectivity index (χ4n) is 8.21. The molecule has 8 nitrogen and oxygen atoms in total. The molecule has 0 aromatic heterocycles. The number of cyclic esters (lactones) is 1. The zero-order chi connectivity index (χ0) is 21.7. The minimum atomic E-state index is -0.694. The molecule has 6 fully saturated rings. The first-order valence-electron chi connectivity index (χ1n) is 11.6. The molecule has 0 radical (unpaired) electrons. The first-order chi connectivity index (χ1) is 14.7. The van der Waals surface area contributed by atoms with Crippen molar-refractivity contribution >= 4 is 11.9 Å². The summed E-state index contributed by atoms with van der Waals surface area (Å²) in [6.45, 7) is 4.80. The van der Waals surface area contributed by atoms with E-state index >= 15 is 0 Å². The lowest BCUT2D eigenvalue weighted by Gasteiger charge is -2.67. The molecule has 31 heavy (non-hydrogen) atoms. The normalized spacial score (nSPS) is 54.8. The summed E-state index contributed by atoms with van der Waals surface area (Å²) in [6, 6.07) is 0. The lowest BCUT2D eigenvalue weighted by Crippen LogP contribution is -2.76. The van der Waals surface area contributed by atoms with Crippen molar-refractivity contribution in [1.82, 2.24) is 0 Å². The van der Waals surface area contributed by atoms with Crippen LogP contribution in [0.2, 0.25) is 0 Å². The van der Waals surface area contributed by atoms with E-state index in [1.807, 2.05) is 6.92 Å². The van der Waals surface area contributed by atoms with Crippen LogP contribution < -0.4 is 0 Å². The van der Waals surface area contributed by atoms with Crippen LogP contribution in [0.15, 0.2) is 0 Å². The SMILES string of the molecule is CO[C@@H]1C[C@]2(CC[C@@]3(O2)[C@]2(CO2)C[C@@H](OC(C)=O)[C@@H]2[C@]34CCC[C@@]2(C)C(=O)OC4)CO1. The Morgan fingerprint density at radius 2 is 1.90 bits per heavy atom. The Bertz CT molecular complexity index is 824. The van der Waals surface area contributed by atoms with Crippen LogP contribution >= 0.6 is 0 Å². The van der Waals surface area contributed by atoms with Gasteiger partial charge in [-0.25, -0.2) is 0 Å². The molecule has 0 amide bonds. The van der Waals surface area contributed by atoms with E-state index in [0.717, 1.165) is 32.1 Å². The van der Waals surface area contributed by atoms with Gasteiger partial charge >= 0.3 is 11.9 Å². The minimum Gasteiger partial charge on any atom is -0.465 e. The summed E-state index contributed by atoms with van der Waals surface area (Å²) >= 11 is 0. The van der Waals surface area contributed by atoms with Gasteiger partial charge in [0.15, 0.2) is 6.29 Å². The molecule has 4 aliphatic heterocycles. The molecule has 0 aromatic rings. The third-order valence-electron chi connectivity index (χ3n) is 9.44. The number of hydrogen-bond acceptors (Lipinski definition) is 8. The molecule has 2 aliphatic carbocycles. The smallest absolute Gasteiger partial charge is 0.312 e. The van der Waals surface area contributed by atoms with E-state index in [1.165, 1.54) is 6.92 Å². The number of carbonyl (C=O) groups is 2. The van der Waals surface area contributed by atoms with E-state index in [-0.39, 0.29) is 30.3 Å². The van der Waals surface area contributed by atoms with Gasteiger partial charge in [0, 0.05) is 38.2 Å². The number of esters is 2. The van der Waals surface area contributed by atoms with Gasteiger partial charge < -0.3 is 28.4 Å². The van der Waals surface area contributed by atoms with Gasteiger partial charge in [0.1, 0.15) is 23.9 Å². The number of epoxide rings is 1. The van der Waals surface area contributed by atoms with Gasteiger partial charge in [-0.3, -0.25) is 9.59 Å². The summed E-state index contributed by atoms with van der Waals surface area (Å²) in [5.41, 5.74) is -2.66. The van der Waals surface area contributed by atoms with E-state index in [2.05, 4.69) is 0 Å². The monoisotopic (exact) mass is 436 g/mol. The average Bonchev–Trinajstić information content (AvgIpc) is 3.23.